The second-order valence-corrected chi connectivity index (χ2v) is 4.83. The Bertz CT molecular complexity index is 456. The van der Waals surface area contributed by atoms with Gasteiger partial charge in [-0.15, -0.1) is 0 Å². The summed E-state index contributed by atoms with van der Waals surface area (Å²) in [5.41, 5.74) is 0.549. The zero-order valence-electron chi connectivity index (χ0n) is 10.4. The molecule has 0 bridgehead atoms. The van der Waals surface area contributed by atoms with Crippen molar-refractivity contribution in [3.63, 3.8) is 0 Å². The quantitative estimate of drug-likeness (QED) is 0.915. The number of ether oxygens (including phenoxy) is 1. The highest BCUT2D eigenvalue weighted by Crippen LogP contribution is 2.35. The third-order valence-electron chi connectivity index (χ3n) is 3.60. The molecule has 5 heteroatoms. The van der Waals surface area contributed by atoms with Crippen LogP contribution in [0.4, 0.5) is 8.78 Å². The maximum absolute atomic E-state index is 13.3. The Morgan fingerprint density at radius 3 is 2.58 bits per heavy atom. The van der Waals surface area contributed by atoms with Gasteiger partial charge in [-0.2, -0.15) is 0 Å². The largest absolute Gasteiger partial charge is 0.481 e. The summed E-state index contributed by atoms with van der Waals surface area (Å²) < 4.78 is 31.5. The molecule has 1 heterocycles. The van der Waals surface area contributed by atoms with Crippen LogP contribution in [0.1, 0.15) is 30.7 Å². The molecule has 1 aromatic rings. The highest BCUT2D eigenvalue weighted by Gasteiger charge is 2.28. The van der Waals surface area contributed by atoms with Crippen molar-refractivity contribution in [3.05, 3.63) is 35.4 Å². The number of carboxylic acid groups (broad SMARTS) is 1. The number of hydrogen-bond donors (Lipinski definition) is 1. The first kappa shape index (κ1) is 13.9. The van der Waals surface area contributed by atoms with Gasteiger partial charge in [-0.1, -0.05) is 6.07 Å². The van der Waals surface area contributed by atoms with E-state index in [9.17, 15) is 13.6 Å². The minimum absolute atomic E-state index is 0.0737. The van der Waals surface area contributed by atoms with Crippen molar-refractivity contribution in [2.45, 2.75) is 25.2 Å². The van der Waals surface area contributed by atoms with Gasteiger partial charge >= 0.3 is 5.97 Å². The van der Waals surface area contributed by atoms with Crippen LogP contribution in [0.25, 0.3) is 0 Å². The predicted molar refractivity (Wildman–Crippen MR) is 64.9 cm³/mol. The number of carbonyl (C=O) groups is 1. The first-order valence-corrected chi connectivity index (χ1v) is 6.32. The zero-order valence-corrected chi connectivity index (χ0v) is 10.4. The van der Waals surface area contributed by atoms with E-state index < -0.39 is 17.6 Å². The van der Waals surface area contributed by atoms with E-state index in [0.29, 0.717) is 18.8 Å². The van der Waals surface area contributed by atoms with Crippen LogP contribution in [0.2, 0.25) is 0 Å². The third kappa shape index (κ3) is 3.50. The van der Waals surface area contributed by atoms with Crippen molar-refractivity contribution in [1.29, 1.82) is 0 Å². The van der Waals surface area contributed by atoms with Crippen molar-refractivity contribution in [1.82, 2.24) is 0 Å². The topological polar surface area (TPSA) is 46.5 Å². The highest BCUT2D eigenvalue weighted by atomic mass is 19.2. The van der Waals surface area contributed by atoms with Crippen LogP contribution in [0.3, 0.4) is 0 Å². The van der Waals surface area contributed by atoms with Crippen molar-refractivity contribution >= 4 is 5.97 Å². The number of aliphatic carboxylic acids is 1. The summed E-state index contributed by atoms with van der Waals surface area (Å²) in [4.78, 5) is 11.0. The lowest BCUT2D eigenvalue weighted by Crippen LogP contribution is -2.24. The van der Waals surface area contributed by atoms with Gasteiger partial charge in [-0.05, 0) is 42.4 Å². The summed E-state index contributed by atoms with van der Waals surface area (Å²) in [6.45, 7) is 1.18. The van der Waals surface area contributed by atoms with E-state index in [1.165, 1.54) is 6.07 Å². The molecule has 0 amide bonds. The number of rotatable bonds is 4. The van der Waals surface area contributed by atoms with Gasteiger partial charge in [0, 0.05) is 13.2 Å². The summed E-state index contributed by atoms with van der Waals surface area (Å²) in [7, 11) is 0. The number of hydrogen-bond acceptors (Lipinski definition) is 2. The van der Waals surface area contributed by atoms with Gasteiger partial charge in [0.1, 0.15) is 0 Å². The molecule has 1 aliphatic rings. The molecule has 1 fully saturated rings. The molecular formula is C14H16F2O3. The molecule has 104 valence electrons. The van der Waals surface area contributed by atoms with Crippen molar-refractivity contribution < 1.29 is 23.4 Å². The Balaban J connectivity index is 2.24. The number of carboxylic acids is 1. The van der Waals surface area contributed by atoms with Crippen LogP contribution in [-0.2, 0) is 9.53 Å². The molecule has 1 aromatic carbocycles. The van der Waals surface area contributed by atoms with Crippen molar-refractivity contribution in [3.8, 4) is 0 Å². The maximum Gasteiger partial charge on any atom is 0.303 e. The molecular weight excluding hydrogens is 254 g/mol. The average molecular weight is 270 g/mol. The standard InChI is InChI=1S/C14H16F2O3/c15-12-2-1-10(7-13(12)16)11(8-14(17)18)9-3-5-19-6-4-9/h1-2,7,9,11H,3-6,8H2,(H,17,18)/t11-/m1/s1. The molecule has 0 radical (unpaired) electrons. The van der Waals surface area contributed by atoms with E-state index in [1.807, 2.05) is 0 Å². The van der Waals surface area contributed by atoms with E-state index in [1.54, 1.807) is 0 Å². The van der Waals surface area contributed by atoms with Crippen LogP contribution in [0, 0.1) is 17.6 Å². The van der Waals surface area contributed by atoms with Gasteiger partial charge in [0.15, 0.2) is 11.6 Å². The van der Waals surface area contributed by atoms with E-state index in [0.717, 1.165) is 25.0 Å². The van der Waals surface area contributed by atoms with E-state index >= 15 is 0 Å². The molecule has 0 aromatic heterocycles. The predicted octanol–water partition coefficient (Wildman–Crippen LogP) is 2.95. The van der Waals surface area contributed by atoms with Crippen LogP contribution in [0.5, 0.6) is 0 Å². The van der Waals surface area contributed by atoms with Gasteiger partial charge in [-0.3, -0.25) is 4.79 Å². The van der Waals surface area contributed by atoms with E-state index in [-0.39, 0.29) is 18.3 Å². The Labute approximate surface area is 110 Å². The van der Waals surface area contributed by atoms with Crippen LogP contribution in [0.15, 0.2) is 18.2 Å². The van der Waals surface area contributed by atoms with E-state index in [2.05, 4.69) is 0 Å². The molecule has 1 saturated heterocycles. The molecule has 1 atom stereocenters. The average Bonchev–Trinajstić information content (AvgIpc) is 2.40. The van der Waals surface area contributed by atoms with Gasteiger partial charge in [0.2, 0.25) is 0 Å². The van der Waals surface area contributed by atoms with E-state index in [4.69, 9.17) is 9.84 Å². The molecule has 1 aliphatic heterocycles. The van der Waals surface area contributed by atoms with Gasteiger partial charge in [0.25, 0.3) is 0 Å². The lowest BCUT2D eigenvalue weighted by Gasteiger charge is -2.29. The minimum Gasteiger partial charge on any atom is -0.481 e. The molecule has 19 heavy (non-hydrogen) atoms. The van der Waals surface area contributed by atoms with Crippen LogP contribution in [-0.4, -0.2) is 24.3 Å². The molecule has 1 N–H and O–H groups in total. The fraction of sp³-hybridized carbons (Fsp3) is 0.500. The van der Waals surface area contributed by atoms with Gasteiger partial charge in [-0.25, -0.2) is 8.78 Å². The Morgan fingerprint density at radius 2 is 2.00 bits per heavy atom. The second-order valence-electron chi connectivity index (χ2n) is 4.83. The summed E-state index contributed by atoms with van der Waals surface area (Å²) >= 11 is 0. The summed E-state index contributed by atoms with van der Waals surface area (Å²) in [5, 5.41) is 9.00. The summed E-state index contributed by atoms with van der Waals surface area (Å²) in [6, 6.07) is 3.64. The molecule has 0 spiro atoms. The van der Waals surface area contributed by atoms with Gasteiger partial charge < -0.3 is 9.84 Å². The number of benzene rings is 1. The molecule has 0 saturated carbocycles. The van der Waals surface area contributed by atoms with Crippen molar-refractivity contribution in [2.24, 2.45) is 5.92 Å². The smallest absolute Gasteiger partial charge is 0.303 e. The lowest BCUT2D eigenvalue weighted by atomic mass is 9.79. The molecule has 0 aliphatic carbocycles. The molecule has 2 rings (SSSR count). The monoisotopic (exact) mass is 270 g/mol. The Hall–Kier alpha value is -1.49. The first-order valence-electron chi connectivity index (χ1n) is 6.32. The lowest BCUT2D eigenvalue weighted by molar-refractivity contribution is -0.138. The van der Waals surface area contributed by atoms with Gasteiger partial charge in [0.05, 0.1) is 6.42 Å². The summed E-state index contributed by atoms with van der Waals surface area (Å²) in [5.74, 6) is -2.93. The SMILES string of the molecule is O=C(O)C[C@@H](c1ccc(F)c(F)c1)C1CCOCC1. The first-order chi connectivity index (χ1) is 9.08. The fourth-order valence-electron chi connectivity index (χ4n) is 2.61. The zero-order chi connectivity index (χ0) is 13.8. The third-order valence-corrected chi connectivity index (χ3v) is 3.60. The summed E-state index contributed by atoms with van der Waals surface area (Å²) in [6.07, 6.45) is 1.42. The van der Waals surface area contributed by atoms with Crippen LogP contribution >= 0.6 is 0 Å². The maximum atomic E-state index is 13.3. The van der Waals surface area contributed by atoms with Crippen LogP contribution < -0.4 is 0 Å². The fourth-order valence-corrected chi connectivity index (χ4v) is 2.61. The minimum atomic E-state index is -0.931. The molecule has 3 nitrogen and oxygen atoms in total. The number of halogens is 2. The second kappa shape index (κ2) is 6.10. The van der Waals surface area contributed by atoms with Crippen molar-refractivity contribution in [2.75, 3.05) is 13.2 Å². The normalized spacial score (nSPS) is 18.2. The Morgan fingerprint density at radius 1 is 1.32 bits per heavy atom. The molecule has 0 unspecified atom stereocenters. The highest BCUT2D eigenvalue weighted by molar-refractivity contribution is 5.68. The Kier molecular flexibility index (Phi) is 4.47.